The van der Waals surface area contributed by atoms with Crippen LogP contribution in [0.1, 0.15) is 49.9 Å². The van der Waals surface area contributed by atoms with Crippen LogP contribution in [-0.2, 0) is 0 Å². The highest BCUT2D eigenvalue weighted by Gasteiger charge is 2.43. The molecule has 2 aromatic carbocycles. The lowest BCUT2D eigenvalue weighted by atomic mass is 9.97. The normalized spacial score (nSPS) is 22.4. The summed E-state index contributed by atoms with van der Waals surface area (Å²) < 4.78 is 6.25. The van der Waals surface area contributed by atoms with E-state index in [0.29, 0.717) is 35.6 Å². The number of rotatable bonds is 6. The predicted octanol–water partition coefficient (Wildman–Crippen LogP) is 4.51. The Labute approximate surface area is 202 Å². The van der Waals surface area contributed by atoms with Gasteiger partial charge in [0.05, 0.1) is 17.0 Å². The zero-order valence-electron chi connectivity index (χ0n) is 18.5. The number of aliphatic hydroxyl groups is 1. The largest absolute Gasteiger partial charge is 0.490 e. The topological polar surface area (TPSA) is 87.8 Å². The molecule has 32 heavy (non-hydrogen) atoms. The molecule has 2 aliphatic rings. The Bertz CT molecular complexity index is 888. The van der Waals surface area contributed by atoms with E-state index in [2.05, 4.69) is 10.2 Å². The molecule has 2 atom stereocenters. The monoisotopic (exact) mass is 481 g/mol. The van der Waals surface area contributed by atoms with E-state index in [4.69, 9.17) is 10.5 Å². The molecule has 0 radical (unpaired) electrons. The standard InChI is InChI=1S/C24H31N3O3.2ClH/c1-24(2,29)15-27-17-9-10-18(27)14-20(13-17)30-19-11-7-16(8-12-19)23(28)26-22-6-4-3-5-21(22)25;;/h3-8,11-12,17-18,20,29H,9-10,13-15,25H2,1-2H3,(H,26,28);2*1H. The Hall–Kier alpha value is -1.99. The first kappa shape index (κ1) is 26.3. The van der Waals surface area contributed by atoms with Crippen LogP contribution in [0.15, 0.2) is 48.5 Å². The smallest absolute Gasteiger partial charge is 0.255 e. The van der Waals surface area contributed by atoms with Crippen LogP contribution in [0.3, 0.4) is 0 Å². The molecule has 2 aliphatic heterocycles. The van der Waals surface area contributed by atoms with Gasteiger partial charge in [0.2, 0.25) is 0 Å². The van der Waals surface area contributed by atoms with Crippen LogP contribution >= 0.6 is 24.8 Å². The van der Waals surface area contributed by atoms with Crippen LogP contribution < -0.4 is 15.8 Å². The van der Waals surface area contributed by atoms with Gasteiger partial charge in [-0.2, -0.15) is 0 Å². The maximum Gasteiger partial charge on any atom is 0.255 e. The van der Waals surface area contributed by atoms with Gasteiger partial charge in [-0.1, -0.05) is 12.1 Å². The molecule has 2 bridgehead atoms. The number of halogens is 2. The number of piperidine rings is 1. The summed E-state index contributed by atoms with van der Waals surface area (Å²) in [6.45, 7) is 4.46. The van der Waals surface area contributed by atoms with E-state index in [-0.39, 0.29) is 36.8 Å². The molecule has 0 spiro atoms. The molecule has 2 aromatic rings. The van der Waals surface area contributed by atoms with Crippen LogP contribution in [0.5, 0.6) is 5.75 Å². The second-order valence-corrected chi connectivity index (χ2v) is 9.15. The Morgan fingerprint density at radius 1 is 1.09 bits per heavy atom. The first-order valence-electron chi connectivity index (χ1n) is 10.7. The highest BCUT2D eigenvalue weighted by molar-refractivity contribution is 6.05. The van der Waals surface area contributed by atoms with Gasteiger partial charge in [0.1, 0.15) is 11.9 Å². The molecule has 0 saturated carbocycles. The molecule has 4 N–H and O–H groups in total. The molecule has 2 heterocycles. The Kier molecular flexibility index (Phi) is 8.82. The lowest BCUT2D eigenvalue weighted by Gasteiger charge is -2.41. The molecule has 2 unspecified atom stereocenters. The average Bonchev–Trinajstić information content (AvgIpc) is 2.91. The van der Waals surface area contributed by atoms with Crippen LogP contribution in [-0.4, -0.2) is 46.2 Å². The van der Waals surface area contributed by atoms with Crippen molar-refractivity contribution in [2.45, 2.75) is 63.3 Å². The van der Waals surface area contributed by atoms with E-state index < -0.39 is 5.60 Å². The minimum atomic E-state index is -0.671. The van der Waals surface area contributed by atoms with Crippen LogP contribution in [0.2, 0.25) is 0 Å². The minimum absolute atomic E-state index is 0. The molecule has 1 amide bonds. The minimum Gasteiger partial charge on any atom is -0.490 e. The molecule has 8 heteroatoms. The number of nitrogens with one attached hydrogen (secondary N) is 1. The fraction of sp³-hybridized carbons (Fsp3) is 0.458. The third-order valence-corrected chi connectivity index (χ3v) is 6.04. The number of anilines is 2. The zero-order chi connectivity index (χ0) is 21.3. The van der Waals surface area contributed by atoms with Crippen molar-refractivity contribution in [1.29, 1.82) is 0 Å². The molecule has 0 aromatic heterocycles. The SMILES string of the molecule is CC(C)(O)CN1C2CCC1CC(Oc1ccc(C(=O)Nc3ccccc3N)cc1)C2.Cl.Cl. The van der Waals surface area contributed by atoms with Crippen LogP contribution in [0.4, 0.5) is 11.4 Å². The van der Waals surface area contributed by atoms with Crippen molar-refractivity contribution in [2.24, 2.45) is 0 Å². The Balaban J connectivity index is 0.00000181. The summed E-state index contributed by atoms with van der Waals surface area (Å²) in [4.78, 5) is 14.9. The number of nitrogens with zero attached hydrogens (tertiary/aromatic N) is 1. The fourth-order valence-corrected chi connectivity index (χ4v) is 4.71. The number of nitrogen functional groups attached to an aromatic ring is 1. The second-order valence-electron chi connectivity index (χ2n) is 9.15. The molecule has 4 rings (SSSR count). The third-order valence-electron chi connectivity index (χ3n) is 6.04. The first-order chi connectivity index (χ1) is 14.3. The molecule has 6 nitrogen and oxygen atoms in total. The van der Waals surface area contributed by atoms with Gasteiger partial charge in [-0.15, -0.1) is 24.8 Å². The summed E-state index contributed by atoms with van der Waals surface area (Å²) >= 11 is 0. The number of amides is 1. The highest BCUT2D eigenvalue weighted by Crippen LogP contribution is 2.38. The van der Waals surface area contributed by atoms with E-state index in [0.717, 1.165) is 18.6 Å². The summed E-state index contributed by atoms with van der Waals surface area (Å²) in [5.74, 6) is 0.587. The van der Waals surface area contributed by atoms with Gasteiger partial charge < -0.3 is 20.9 Å². The molecule has 0 aliphatic carbocycles. The fourth-order valence-electron chi connectivity index (χ4n) is 4.71. The van der Waals surface area contributed by atoms with E-state index in [9.17, 15) is 9.90 Å². The number of para-hydroxylation sites is 2. The number of hydrogen-bond donors (Lipinski definition) is 3. The number of carbonyl (C=O) groups is 1. The van der Waals surface area contributed by atoms with Crippen LogP contribution in [0, 0.1) is 0 Å². The van der Waals surface area contributed by atoms with Crippen molar-refractivity contribution in [3.63, 3.8) is 0 Å². The first-order valence-corrected chi connectivity index (χ1v) is 10.7. The summed E-state index contributed by atoms with van der Waals surface area (Å²) in [5.41, 5.74) is 6.93. The van der Waals surface area contributed by atoms with E-state index in [1.165, 1.54) is 12.8 Å². The van der Waals surface area contributed by atoms with Gasteiger partial charge in [-0.05, 0) is 75.9 Å². The van der Waals surface area contributed by atoms with Crippen molar-refractivity contribution in [3.05, 3.63) is 54.1 Å². The van der Waals surface area contributed by atoms with Crippen molar-refractivity contribution in [3.8, 4) is 5.75 Å². The Morgan fingerprint density at radius 3 is 2.25 bits per heavy atom. The van der Waals surface area contributed by atoms with E-state index in [1.807, 2.05) is 38.1 Å². The summed E-state index contributed by atoms with van der Waals surface area (Å²) in [7, 11) is 0. The van der Waals surface area contributed by atoms with Crippen molar-refractivity contribution >= 4 is 42.1 Å². The van der Waals surface area contributed by atoms with Gasteiger partial charge in [0.25, 0.3) is 5.91 Å². The maximum absolute atomic E-state index is 12.5. The second kappa shape index (κ2) is 10.8. The van der Waals surface area contributed by atoms with Gasteiger partial charge in [0.15, 0.2) is 0 Å². The molecule has 2 fully saturated rings. The number of benzene rings is 2. The van der Waals surface area contributed by atoms with Gasteiger partial charge >= 0.3 is 0 Å². The predicted molar refractivity (Wildman–Crippen MR) is 133 cm³/mol. The van der Waals surface area contributed by atoms with Crippen molar-refractivity contribution < 1.29 is 14.6 Å². The van der Waals surface area contributed by atoms with Crippen LogP contribution in [0.25, 0.3) is 0 Å². The van der Waals surface area contributed by atoms with Crippen molar-refractivity contribution in [2.75, 3.05) is 17.6 Å². The highest BCUT2D eigenvalue weighted by atomic mass is 35.5. The number of fused-ring (bicyclic) bond motifs is 2. The number of carbonyl (C=O) groups excluding carboxylic acids is 1. The molecular formula is C24H33Cl2N3O3. The maximum atomic E-state index is 12.5. The summed E-state index contributed by atoms with van der Waals surface area (Å²) in [6.07, 6.45) is 4.46. The number of ether oxygens (including phenoxy) is 1. The summed E-state index contributed by atoms with van der Waals surface area (Å²) in [5, 5.41) is 13.0. The number of hydrogen-bond acceptors (Lipinski definition) is 5. The van der Waals surface area contributed by atoms with Crippen molar-refractivity contribution in [1.82, 2.24) is 4.90 Å². The lowest BCUT2D eigenvalue weighted by Crippen LogP contribution is -2.51. The number of nitrogens with two attached hydrogens (primary N) is 1. The van der Waals surface area contributed by atoms with E-state index >= 15 is 0 Å². The quantitative estimate of drug-likeness (QED) is 0.528. The Morgan fingerprint density at radius 2 is 1.69 bits per heavy atom. The van der Waals surface area contributed by atoms with Gasteiger partial charge in [-0.25, -0.2) is 0 Å². The molecule has 176 valence electrons. The summed E-state index contributed by atoms with van der Waals surface area (Å²) in [6, 6.07) is 15.4. The van der Waals surface area contributed by atoms with Gasteiger partial charge in [0, 0.05) is 24.2 Å². The molecule has 2 saturated heterocycles. The van der Waals surface area contributed by atoms with E-state index in [1.54, 1.807) is 24.3 Å². The third kappa shape index (κ3) is 6.29. The average molecular weight is 482 g/mol. The zero-order valence-corrected chi connectivity index (χ0v) is 20.1. The van der Waals surface area contributed by atoms with Gasteiger partial charge in [-0.3, -0.25) is 9.69 Å². The molecular weight excluding hydrogens is 449 g/mol. The lowest BCUT2D eigenvalue weighted by molar-refractivity contribution is -0.0168.